The first kappa shape index (κ1) is 13.8. The zero-order chi connectivity index (χ0) is 15.1. The zero-order valence-electron chi connectivity index (χ0n) is 12.0. The lowest BCUT2D eigenvalue weighted by molar-refractivity contribution is -0.123. The molecule has 4 rings (SSSR count). The van der Waals surface area contributed by atoms with Crippen LogP contribution in [0, 0.1) is 5.92 Å². The summed E-state index contributed by atoms with van der Waals surface area (Å²) < 4.78 is 16.5. The molecule has 1 aliphatic carbocycles. The third-order valence-corrected chi connectivity index (χ3v) is 4.39. The molecule has 0 aromatic carbocycles. The van der Waals surface area contributed by atoms with Crippen LogP contribution in [0.25, 0.3) is 0 Å². The van der Waals surface area contributed by atoms with E-state index in [1.165, 1.54) is 6.26 Å². The molecule has 4 atom stereocenters. The van der Waals surface area contributed by atoms with Crippen LogP contribution >= 0.6 is 0 Å². The summed E-state index contributed by atoms with van der Waals surface area (Å²) in [6.07, 6.45) is 2.96. The van der Waals surface area contributed by atoms with Gasteiger partial charge in [0.15, 0.2) is 5.76 Å². The minimum atomic E-state index is -0.284. The van der Waals surface area contributed by atoms with Gasteiger partial charge < -0.3 is 24.5 Å². The Bertz CT molecular complexity index is 568. The Balaban J connectivity index is 1.35. The predicted molar refractivity (Wildman–Crippen MR) is 74.1 cm³/mol. The number of hydrogen-bond donors (Lipinski definition) is 2. The Labute approximate surface area is 127 Å². The standard InChI is InChI=1S/C15H18N2O5/c18-14(8-3-4-8)16-9-6-21-13-10(7-22-12(9)13)17-15(19)11-2-1-5-20-11/h1-2,5,8-10,12-13H,3-4,6-7H2,(H,16,18)(H,17,19)/t9-,10-,12+,13+/m0/s1. The van der Waals surface area contributed by atoms with Crippen molar-refractivity contribution in [2.75, 3.05) is 13.2 Å². The zero-order valence-corrected chi connectivity index (χ0v) is 12.0. The molecule has 0 bridgehead atoms. The summed E-state index contributed by atoms with van der Waals surface area (Å²) in [6.45, 7) is 0.790. The van der Waals surface area contributed by atoms with Crippen LogP contribution in [0.3, 0.4) is 0 Å². The number of carbonyl (C=O) groups is 2. The van der Waals surface area contributed by atoms with E-state index in [1.54, 1.807) is 12.1 Å². The molecule has 22 heavy (non-hydrogen) atoms. The quantitative estimate of drug-likeness (QED) is 0.821. The molecule has 2 aliphatic heterocycles. The van der Waals surface area contributed by atoms with Gasteiger partial charge in [-0.15, -0.1) is 0 Å². The van der Waals surface area contributed by atoms with Crippen LogP contribution in [-0.4, -0.2) is 49.3 Å². The highest BCUT2D eigenvalue weighted by Crippen LogP contribution is 2.31. The average Bonchev–Trinajstić information content (AvgIpc) is 2.93. The fraction of sp³-hybridized carbons (Fsp3) is 0.600. The van der Waals surface area contributed by atoms with Gasteiger partial charge in [-0.1, -0.05) is 0 Å². The van der Waals surface area contributed by atoms with Gasteiger partial charge in [-0.25, -0.2) is 0 Å². The maximum Gasteiger partial charge on any atom is 0.287 e. The lowest BCUT2D eigenvalue weighted by Gasteiger charge is -2.18. The Morgan fingerprint density at radius 2 is 1.73 bits per heavy atom. The van der Waals surface area contributed by atoms with E-state index >= 15 is 0 Å². The second kappa shape index (κ2) is 5.40. The van der Waals surface area contributed by atoms with E-state index in [-0.39, 0.29) is 47.8 Å². The van der Waals surface area contributed by atoms with Crippen molar-refractivity contribution in [2.24, 2.45) is 5.92 Å². The summed E-state index contributed by atoms with van der Waals surface area (Å²) in [5.41, 5.74) is 0. The van der Waals surface area contributed by atoms with Gasteiger partial charge in [0, 0.05) is 5.92 Å². The van der Waals surface area contributed by atoms with Crippen molar-refractivity contribution in [3.05, 3.63) is 24.2 Å². The van der Waals surface area contributed by atoms with Crippen LogP contribution in [0.4, 0.5) is 0 Å². The summed E-state index contributed by atoms with van der Waals surface area (Å²) in [7, 11) is 0. The molecule has 0 spiro atoms. The molecular weight excluding hydrogens is 288 g/mol. The topological polar surface area (TPSA) is 89.8 Å². The van der Waals surface area contributed by atoms with Gasteiger partial charge in [0.2, 0.25) is 5.91 Å². The molecular formula is C15H18N2O5. The van der Waals surface area contributed by atoms with Crippen LogP contribution in [0.2, 0.25) is 0 Å². The second-order valence-corrected chi connectivity index (χ2v) is 6.04. The number of fused-ring (bicyclic) bond motifs is 1. The highest BCUT2D eigenvalue weighted by atomic mass is 16.6. The lowest BCUT2D eigenvalue weighted by atomic mass is 10.1. The number of furan rings is 1. The first-order valence-electron chi connectivity index (χ1n) is 7.60. The number of ether oxygens (including phenoxy) is 2. The van der Waals surface area contributed by atoms with Crippen molar-refractivity contribution in [3.8, 4) is 0 Å². The van der Waals surface area contributed by atoms with E-state index in [4.69, 9.17) is 13.9 Å². The molecule has 7 nitrogen and oxygen atoms in total. The normalized spacial score (nSPS) is 33.5. The highest BCUT2D eigenvalue weighted by Gasteiger charge is 2.49. The molecule has 1 saturated carbocycles. The number of hydrogen-bond acceptors (Lipinski definition) is 5. The third kappa shape index (κ3) is 2.50. The molecule has 118 valence electrons. The van der Waals surface area contributed by atoms with Crippen LogP contribution < -0.4 is 10.6 Å². The fourth-order valence-electron chi connectivity index (χ4n) is 3.04. The monoisotopic (exact) mass is 306 g/mol. The average molecular weight is 306 g/mol. The molecule has 2 amide bonds. The maximum absolute atomic E-state index is 12.0. The van der Waals surface area contributed by atoms with E-state index in [0.717, 1.165) is 12.8 Å². The van der Waals surface area contributed by atoms with E-state index in [0.29, 0.717) is 13.2 Å². The predicted octanol–water partition coefficient (Wildman–Crippen LogP) is 0.0704. The molecule has 3 heterocycles. The van der Waals surface area contributed by atoms with E-state index in [1.807, 2.05) is 0 Å². The smallest absolute Gasteiger partial charge is 0.287 e. The van der Waals surface area contributed by atoms with Crippen molar-refractivity contribution in [1.82, 2.24) is 10.6 Å². The largest absolute Gasteiger partial charge is 0.459 e. The van der Waals surface area contributed by atoms with Gasteiger partial charge in [0.05, 0.1) is 31.6 Å². The van der Waals surface area contributed by atoms with E-state index < -0.39 is 0 Å². The maximum atomic E-state index is 12.0. The Morgan fingerprint density at radius 1 is 1.05 bits per heavy atom. The van der Waals surface area contributed by atoms with Crippen LogP contribution in [0.5, 0.6) is 0 Å². The van der Waals surface area contributed by atoms with Crippen molar-refractivity contribution >= 4 is 11.8 Å². The number of rotatable bonds is 4. The first-order valence-corrected chi connectivity index (χ1v) is 7.60. The van der Waals surface area contributed by atoms with Crippen molar-refractivity contribution in [3.63, 3.8) is 0 Å². The summed E-state index contributed by atoms with van der Waals surface area (Å²) in [6, 6.07) is 2.91. The molecule has 3 aliphatic rings. The third-order valence-electron chi connectivity index (χ3n) is 4.39. The highest BCUT2D eigenvalue weighted by molar-refractivity contribution is 5.91. The van der Waals surface area contributed by atoms with Gasteiger partial charge in [-0.3, -0.25) is 9.59 Å². The fourth-order valence-corrected chi connectivity index (χ4v) is 3.04. The van der Waals surface area contributed by atoms with Gasteiger partial charge in [0.1, 0.15) is 12.2 Å². The summed E-state index contributed by atoms with van der Waals surface area (Å²) >= 11 is 0. The Hall–Kier alpha value is -1.86. The summed E-state index contributed by atoms with van der Waals surface area (Å²) in [4.78, 5) is 23.9. The summed E-state index contributed by atoms with van der Waals surface area (Å²) in [5.74, 6) is 0.226. The number of nitrogens with one attached hydrogen (secondary N) is 2. The van der Waals surface area contributed by atoms with Crippen molar-refractivity contribution in [2.45, 2.75) is 37.1 Å². The van der Waals surface area contributed by atoms with Gasteiger partial charge >= 0.3 is 0 Å². The van der Waals surface area contributed by atoms with Crippen molar-refractivity contribution < 1.29 is 23.5 Å². The first-order chi connectivity index (χ1) is 10.7. The molecule has 0 radical (unpaired) electrons. The Morgan fingerprint density at radius 3 is 2.32 bits per heavy atom. The van der Waals surface area contributed by atoms with Gasteiger partial charge in [-0.05, 0) is 25.0 Å². The van der Waals surface area contributed by atoms with Crippen molar-refractivity contribution in [1.29, 1.82) is 0 Å². The SMILES string of the molecule is O=C(N[C@H]1CO[C@H]2[C@@H]1OC[C@@H]2NC(=O)C1CC1)c1ccco1. The minimum absolute atomic E-state index is 0.0842. The molecule has 1 aromatic rings. The molecule has 2 N–H and O–H groups in total. The van der Waals surface area contributed by atoms with Gasteiger partial charge in [-0.2, -0.15) is 0 Å². The molecule has 2 saturated heterocycles. The molecule has 0 unspecified atom stereocenters. The number of carbonyl (C=O) groups excluding carboxylic acids is 2. The van der Waals surface area contributed by atoms with Crippen LogP contribution in [0.15, 0.2) is 22.8 Å². The van der Waals surface area contributed by atoms with E-state index in [2.05, 4.69) is 10.6 Å². The van der Waals surface area contributed by atoms with E-state index in [9.17, 15) is 9.59 Å². The Kier molecular flexibility index (Phi) is 3.38. The molecule has 1 aromatic heterocycles. The lowest BCUT2D eigenvalue weighted by Crippen LogP contribution is -2.47. The molecule has 7 heteroatoms. The minimum Gasteiger partial charge on any atom is -0.459 e. The summed E-state index contributed by atoms with van der Waals surface area (Å²) in [5, 5.41) is 5.86. The van der Waals surface area contributed by atoms with Crippen LogP contribution in [-0.2, 0) is 14.3 Å². The van der Waals surface area contributed by atoms with Crippen LogP contribution in [0.1, 0.15) is 23.4 Å². The van der Waals surface area contributed by atoms with Gasteiger partial charge in [0.25, 0.3) is 5.91 Å². The number of amides is 2. The second-order valence-electron chi connectivity index (χ2n) is 6.04. The molecule has 3 fully saturated rings.